The van der Waals surface area contributed by atoms with Gasteiger partial charge in [-0.15, -0.1) is 0 Å². The molecular formula is C19H19Cl2NO3. The maximum atomic E-state index is 12.0. The van der Waals surface area contributed by atoms with Gasteiger partial charge in [-0.25, -0.2) is 4.79 Å². The number of nitrogens with one attached hydrogen (secondary N) is 1. The number of esters is 1. The normalized spacial score (nSPS) is 11.6. The van der Waals surface area contributed by atoms with Gasteiger partial charge in [0.25, 0.3) is 5.91 Å². The van der Waals surface area contributed by atoms with Crippen molar-refractivity contribution in [2.24, 2.45) is 0 Å². The van der Waals surface area contributed by atoms with Gasteiger partial charge < -0.3 is 10.1 Å². The number of carbonyl (C=O) groups excluding carboxylic acids is 2. The second-order valence-corrected chi connectivity index (χ2v) is 6.54. The van der Waals surface area contributed by atoms with Crippen LogP contribution >= 0.6 is 23.2 Å². The molecule has 0 aliphatic heterocycles. The molecule has 2 aromatic rings. The molecule has 6 heteroatoms. The minimum atomic E-state index is -0.681. The fourth-order valence-electron chi connectivity index (χ4n) is 2.28. The minimum Gasteiger partial charge on any atom is -0.452 e. The Labute approximate surface area is 157 Å². The van der Waals surface area contributed by atoms with Crippen molar-refractivity contribution in [1.82, 2.24) is 5.32 Å². The maximum Gasteiger partial charge on any atom is 0.340 e. The number of benzene rings is 2. The summed E-state index contributed by atoms with van der Waals surface area (Å²) in [5, 5.41) is 3.41. The van der Waals surface area contributed by atoms with E-state index in [0.29, 0.717) is 5.02 Å². The van der Waals surface area contributed by atoms with E-state index < -0.39 is 5.97 Å². The molecule has 0 fully saturated rings. The molecule has 0 radical (unpaired) electrons. The van der Waals surface area contributed by atoms with Gasteiger partial charge in [-0.3, -0.25) is 4.79 Å². The zero-order valence-corrected chi connectivity index (χ0v) is 15.3. The molecule has 25 heavy (non-hydrogen) atoms. The van der Waals surface area contributed by atoms with Crippen molar-refractivity contribution in [2.75, 3.05) is 6.61 Å². The molecule has 1 amide bonds. The molecule has 1 N–H and O–H groups in total. The number of carbonyl (C=O) groups is 2. The van der Waals surface area contributed by atoms with Crippen molar-refractivity contribution in [1.29, 1.82) is 0 Å². The standard InChI is InChI=1S/C19H19Cl2NO3/c1-13(7-8-14-5-3-2-4-6-14)22-18(23)12-25-19(24)16-11-15(20)9-10-17(16)21/h2-6,9-11,13H,7-8,12H2,1H3,(H,22,23)/t13-/m0/s1. The third-order valence-corrected chi connectivity index (χ3v) is 4.16. The minimum absolute atomic E-state index is 0.0267. The SMILES string of the molecule is C[C@@H](CCc1ccccc1)NC(=O)COC(=O)c1cc(Cl)ccc1Cl. The number of hydrogen-bond acceptors (Lipinski definition) is 3. The average molecular weight is 380 g/mol. The molecule has 0 spiro atoms. The van der Waals surface area contributed by atoms with Crippen LogP contribution in [0.25, 0.3) is 0 Å². The van der Waals surface area contributed by atoms with E-state index >= 15 is 0 Å². The molecule has 0 bridgehead atoms. The second-order valence-electron chi connectivity index (χ2n) is 5.69. The highest BCUT2D eigenvalue weighted by molar-refractivity contribution is 6.35. The maximum absolute atomic E-state index is 12.0. The second kappa shape index (κ2) is 9.44. The number of halogens is 2. The van der Waals surface area contributed by atoms with Gasteiger partial charge >= 0.3 is 5.97 Å². The van der Waals surface area contributed by atoms with Gasteiger partial charge in [-0.2, -0.15) is 0 Å². The van der Waals surface area contributed by atoms with Gasteiger partial charge in [0.15, 0.2) is 6.61 Å². The van der Waals surface area contributed by atoms with Crippen molar-refractivity contribution in [3.05, 3.63) is 69.7 Å². The Balaban J connectivity index is 1.76. The topological polar surface area (TPSA) is 55.4 Å². The number of amides is 1. The first-order chi connectivity index (χ1) is 12.0. The summed E-state index contributed by atoms with van der Waals surface area (Å²) in [7, 11) is 0. The van der Waals surface area contributed by atoms with Crippen LogP contribution < -0.4 is 5.32 Å². The third kappa shape index (κ3) is 6.40. The summed E-state index contributed by atoms with van der Waals surface area (Å²) in [6.07, 6.45) is 1.66. The summed E-state index contributed by atoms with van der Waals surface area (Å²) in [4.78, 5) is 23.9. The number of hydrogen-bond donors (Lipinski definition) is 1. The lowest BCUT2D eigenvalue weighted by Crippen LogP contribution is -2.36. The van der Waals surface area contributed by atoms with Crippen LogP contribution in [-0.4, -0.2) is 24.5 Å². The highest BCUT2D eigenvalue weighted by atomic mass is 35.5. The smallest absolute Gasteiger partial charge is 0.340 e. The lowest BCUT2D eigenvalue weighted by molar-refractivity contribution is -0.124. The molecule has 0 heterocycles. The molecule has 0 saturated heterocycles. The van der Waals surface area contributed by atoms with Gasteiger partial charge in [0.2, 0.25) is 0 Å². The summed E-state index contributed by atoms with van der Waals surface area (Å²) < 4.78 is 5.00. The van der Waals surface area contributed by atoms with E-state index in [-0.39, 0.29) is 29.1 Å². The molecule has 0 unspecified atom stereocenters. The van der Waals surface area contributed by atoms with E-state index in [0.717, 1.165) is 12.8 Å². The highest BCUT2D eigenvalue weighted by Crippen LogP contribution is 2.21. The first-order valence-corrected chi connectivity index (χ1v) is 8.67. The first-order valence-electron chi connectivity index (χ1n) is 7.91. The van der Waals surface area contributed by atoms with Crippen molar-refractivity contribution in [2.45, 2.75) is 25.8 Å². The van der Waals surface area contributed by atoms with Gasteiger partial charge in [-0.1, -0.05) is 53.5 Å². The van der Waals surface area contributed by atoms with E-state index in [1.165, 1.54) is 17.7 Å². The molecule has 2 aromatic carbocycles. The predicted molar refractivity (Wildman–Crippen MR) is 99.1 cm³/mol. The molecule has 0 saturated carbocycles. The summed E-state index contributed by atoms with van der Waals surface area (Å²) in [5.74, 6) is -1.04. The van der Waals surface area contributed by atoms with E-state index in [2.05, 4.69) is 5.32 Å². The van der Waals surface area contributed by atoms with Crippen LogP contribution in [0, 0.1) is 0 Å². The largest absolute Gasteiger partial charge is 0.452 e. The van der Waals surface area contributed by atoms with E-state index in [9.17, 15) is 9.59 Å². The lowest BCUT2D eigenvalue weighted by atomic mass is 10.1. The highest BCUT2D eigenvalue weighted by Gasteiger charge is 2.15. The van der Waals surface area contributed by atoms with Crippen LogP contribution in [0.5, 0.6) is 0 Å². The van der Waals surface area contributed by atoms with E-state index in [1.807, 2.05) is 37.3 Å². The van der Waals surface area contributed by atoms with Crippen molar-refractivity contribution in [3.8, 4) is 0 Å². The molecule has 0 aromatic heterocycles. The Hall–Kier alpha value is -2.04. The van der Waals surface area contributed by atoms with Crippen molar-refractivity contribution >= 4 is 35.1 Å². The van der Waals surface area contributed by atoms with Gasteiger partial charge in [0, 0.05) is 11.1 Å². The van der Waals surface area contributed by atoms with Crippen molar-refractivity contribution < 1.29 is 14.3 Å². The van der Waals surface area contributed by atoms with Gasteiger partial charge in [-0.05, 0) is 43.5 Å². The average Bonchev–Trinajstić information content (AvgIpc) is 2.61. The van der Waals surface area contributed by atoms with Crippen molar-refractivity contribution in [3.63, 3.8) is 0 Å². The Morgan fingerprint density at radius 1 is 1.12 bits per heavy atom. The van der Waals surface area contributed by atoms with Crippen LogP contribution in [0.3, 0.4) is 0 Å². The lowest BCUT2D eigenvalue weighted by Gasteiger charge is -2.14. The van der Waals surface area contributed by atoms with E-state index in [1.54, 1.807) is 6.07 Å². The number of rotatable bonds is 7. The summed E-state index contributed by atoms with van der Waals surface area (Å²) in [6, 6.07) is 14.5. The molecule has 0 aliphatic rings. The quantitative estimate of drug-likeness (QED) is 0.730. The monoisotopic (exact) mass is 379 g/mol. The molecule has 2 rings (SSSR count). The third-order valence-electron chi connectivity index (χ3n) is 3.60. The fraction of sp³-hybridized carbons (Fsp3) is 0.263. The number of aryl methyl sites for hydroxylation is 1. The Kier molecular flexibility index (Phi) is 7.29. The summed E-state index contributed by atoms with van der Waals surface area (Å²) in [6.45, 7) is 1.55. The zero-order chi connectivity index (χ0) is 18.2. The molecular weight excluding hydrogens is 361 g/mol. The fourth-order valence-corrected chi connectivity index (χ4v) is 2.65. The molecule has 0 aliphatic carbocycles. The molecule has 4 nitrogen and oxygen atoms in total. The Morgan fingerprint density at radius 2 is 1.84 bits per heavy atom. The Morgan fingerprint density at radius 3 is 2.56 bits per heavy atom. The molecule has 1 atom stereocenters. The molecule has 132 valence electrons. The van der Waals surface area contributed by atoms with Gasteiger partial charge in [0.05, 0.1) is 10.6 Å². The van der Waals surface area contributed by atoms with Crippen LogP contribution in [0.4, 0.5) is 0 Å². The van der Waals surface area contributed by atoms with Crippen LogP contribution in [0.1, 0.15) is 29.3 Å². The first kappa shape index (κ1) is 19.3. The van der Waals surface area contributed by atoms with Crippen LogP contribution in [0.2, 0.25) is 10.0 Å². The Bertz CT molecular complexity index is 735. The van der Waals surface area contributed by atoms with Gasteiger partial charge in [0.1, 0.15) is 0 Å². The predicted octanol–water partition coefficient (Wildman–Crippen LogP) is 4.29. The number of ether oxygens (including phenoxy) is 1. The zero-order valence-electron chi connectivity index (χ0n) is 13.8. The summed E-state index contributed by atoms with van der Waals surface area (Å²) >= 11 is 11.8. The van der Waals surface area contributed by atoms with Crippen LogP contribution in [-0.2, 0) is 16.0 Å². The van der Waals surface area contributed by atoms with Crippen LogP contribution in [0.15, 0.2) is 48.5 Å². The van der Waals surface area contributed by atoms with E-state index in [4.69, 9.17) is 27.9 Å². The summed E-state index contributed by atoms with van der Waals surface area (Å²) in [5.41, 5.74) is 1.35.